The van der Waals surface area contributed by atoms with E-state index in [9.17, 15) is 8.78 Å². The van der Waals surface area contributed by atoms with Crippen molar-refractivity contribution in [2.45, 2.75) is 25.8 Å². The second kappa shape index (κ2) is 3.89. The molecule has 3 nitrogen and oxygen atoms in total. The molecule has 1 aromatic rings. The van der Waals surface area contributed by atoms with Gasteiger partial charge in [0.25, 0.3) is 5.92 Å². The fourth-order valence-electron chi connectivity index (χ4n) is 1.80. The molecule has 0 radical (unpaired) electrons. The van der Waals surface area contributed by atoms with Crippen molar-refractivity contribution in [2.75, 3.05) is 13.1 Å². The fourth-order valence-corrected chi connectivity index (χ4v) is 1.80. The largest absolute Gasteiger partial charge is 0.364 e. The van der Waals surface area contributed by atoms with Gasteiger partial charge in [0.1, 0.15) is 6.26 Å². The Morgan fingerprint density at radius 1 is 1.67 bits per heavy atom. The third kappa shape index (κ3) is 2.34. The van der Waals surface area contributed by atoms with E-state index in [1.165, 1.54) is 6.26 Å². The van der Waals surface area contributed by atoms with Crippen LogP contribution in [0, 0.1) is 5.92 Å². The van der Waals surface area contributed by atoms with Crippen LogP contribution in [-0.4, -0.2) is 29.1 Å². The molecule has 0 bridgehead atoms. The zero-order valence-electron chi connectivity index (χ0n) is 8.62. The van der Waals surface area contributed by atoms with Crippen LogP contribution in [0.25, 0.3) is 0 Å². The highest BCUT2D eigenvalue weighted by molar-refractivity contribution is 4.96. The number of rotatable bonds is 2. The molecule has 0 spiro atoms. The molecule has 1 aliphatic rings. The summed E-state index contributed by atoms with van der Waals surface area (Å²) < 4.78 is 31.4. The van der Waals surface area contributed by atoms with Crippen LogP contribution in [0.1, 0.15) is 19.0 Å². The van der Waals surface area contributed by atoms with Crippen LogP contribution in [0.15, 0.2) is 16.9 Å². The lowest BCUT2D eigenvalue weighted by Crippen LogP contribution is -2.47. The molecule has 84 valence electrons. The van der Waals surface area contributed by atoms with Gasteiger partial charge in [-0.25, -0.2) is 8.78 Å². The van der Waals surface area contributed by atoms with Crippen LogP contribution in [-0.2, 0) is 6.54 Å². The number of hydrogen-bond acceptors (Lipinski definition) is 3. The number of aromatic nitrogens is 1. The van der Waals surface area contributed by atoms with Gasteiger partial charge in [-0.15, -0.1) is 0 Å². The van der Waals surface area contributed by atoms with Gasteiger partial charge in [-0.2, -0.15) is 0 Å². The Hall–Kier alpha value is -0.970. The Kier molecular flexibility index (Phi) is 2.73. The molecule has 0 unspecified atom stereocenters. The number of hydrogen-bond donors (Lipinski definition) is 0. The van der Waals surface area contributed by atoms with Crippen LogP contribution in [0.4, 0.5) is 8.78 Å². The monoisotopic (exact) mass is 216 g/mol. The molecule has 0 aromatic carbocycles. The topological polar surface area (TPSA) is 29.3 Å². The Bertz CT molecular complexity index is 313. The van der Waals surface area contributed by atoms with Crippen molar-refractivity contribution in [2.24, 2.45) is 5.92 Å². The second-order valence-electron chi connectivity index (χ2n) is 4.15. The second-order valence-corrected chi connectivity index (χ2v) is 4.15. The van der Waals surface area contributed by atoms with Gasteiger partial charge < -0.3 is 4.52 Å². The summed E-state index contributed by atoms with van der Waals surface area (Å²) in [6, 6.07) is 1.70. The van der Waals surface area contributed by atoms with Gasteiger partial charge in [0.2, 0.25) is 0 Å². The van der Waals surface area contributed by atoms with E-state index in [4.69, 9.17) is 0 Å². The molecule has 0 saturated carbocycles. The number of piperidine rings is 1. The van der Waals surface area contributed by atoms with Crippen molar-refractivity contribution in [3.05, 3.63) is 18.0 Å². The van der Waals surface area contributed by atoms with Crippen LogP contribution in [0.3, 0.4) is 0 Å². The molecule has 2 rings (SSSR count). The van der Waals surface area contributed by atoms with Crippen LogP contribution in [0.2, 0.25) is 0 Å². The Balaban J connectivity index is 1.95. The lowest BCUT2D eigenvalue weighted by molar-refractivity contribution is -0.106. The van der Waals surface area contributed by atoms with Gasteiger partial charge in [-0.05, 0) is 13.0 Å². The van der Waals surface area contributed by atoms with E-state index in [0.717, 1.165) is 0 Å². The summed E-state index contributed by atoms with van der Waals surface area (Å²) in [6.07, 6.45) is 1.99. The van der Waals surface area contributed by atoms with E-state index in [-0.39, 0.29) is 6.54 Å². The van der Waals surface area contributed by atoms with Crippen LogP contribution < -0.4 is 0 Å². The zero-order valence-corrected chi connectivity index (χ0v) is 8.62. The van der Waals surface area contributed by atoms with Crippen molar-refractivity contribution in [3.8, 4) is 0 Å². The first-order valence-electron chi connectivity index (χ1n) is 5.07. The summed E-state index contributed by atoms with van der Waals surface area (Å²) in [5, 5.41) is 3.72. The molecule has 1 saturated heterocycles. The fraction of sp³-hybridized carbons (Fsp3) is 0.700. The predicted molar refractivity (Wildman–Crippen MR) is 50.5 cm³/mol. The molecule has 2 heterocycles. The minimum absolute atomic E-state index is 0.180. The first kappa shape index (κ1) is 10.5. The standard InChI is InChI=1S/C10H14F2N2O/c1-8-2-4-14(7-10(8,11)12)6-9-3-5-15-13-9/h3,5,8H,2,4,6-7H2,1H3/t8-/m1/s1. The smallest absolute Gasteiger partial charge is 0.263 e. The molecule has 1 fully saturated rings. The molecule has 0 aliphatic carbocycles. The summed E-state index contributed by atoms with van der Waals surface area (Å²) in [7, 11) is 0. The van der Waals surface area contributed by atoms with E-state index in [1.807, 2.05) is 0 Å². The average molecular weight is 216 g/mol. The van der Waals surface area contributed by atoms with Crippen molar-refractivity contribution in [3.63, 3.8) is 0 Å². The van der Waals surface area contributed by atoms with Crippen molar-refractivity contribution < 1.29 is 13.3 Å². The zero-order chi connectivity index (χ0) is 10.9. The molecule has 1 aromatic heterocycles. The normalized spacial score (nSPS) is 26.7. The van der Waals surface area contributed by atoms with Gasteiger partial charge >= 0.3 is 0 Å². The highest BCUT2D eigenvalue weighted by Gasteiger charge is 2.41. The summed E-state index contributed by atoms with van der Waals surface area (Å²) in [4.78, 5) is 1.72. The lowest BCUT2D eigenvalue weighted by Gasteiger charge is -2.36. The average Bonchev–Trinajstić information content (AvgIpc) is 2.63. The molecule has 0 amide bonds. The van der Waals surface area contributed by atoms with Crippen LogP contribution in [0.5, 0.6) is 0 Å². The van der Waals surface area contributed by atoms with Crippen molar-refractivity contribution >= 4 is 0 Å². The molecule has 1 aliphatic heterocycles. The highest BCUT2D eigenvalue weighted by Crippen LogP contribution is 2.32. The molecule has 15 heavy (non-hydrogen) atoms. The molecule has 5 heteroatoms. The number of nitrogens with zero attached hydrogens (tertiary/aromatic N) is 2. The highest BCUT2D eigenvalue weighted by atomic mass is 19.3. The first-order chi connectivity index (χ1) is 7.08. The van der Waals surface area contributed by atoms with E-state index in [2.05, 4.69) is 9.68 Å². The van der Waals surface area contributed by atoms with Gasteiger partial charge in [0.15, 0.2) is 0 Å². The van der Waals surface area contributed by atoms with Gasteiger partial charge in [0, 0.05) is 18.5 Å². The quantitative estimate of drug-likeness (QED) is 0.758. The van der Waals surface area contributed by atoms with E-state index in [0.29, 0.717) is 25.2 Å². The maximum atomic E-state index is 13.4. The Morgan fingerprint density at radius 3 is 3.07 bits per heavy atom. The Labute approximate surface area is 87.0 Å². The lowest BCUT2D eigenvalue weighted by atomic mass is 9.95. The van der Waals surface area contributed by atoms with Gasteiger partial charge in [-0.3, -0.25) is 4.90 Å². The summed E-state index contributed by atoms with van der Waals surface area (Å²) >= 11 is 0. The van der Waals surface area contributed by atoms with E-state index >= 15 is 0 Å². The number of likely N-dealkylation sites (tertiary alicyclic amines) is 1. The molecule has 1 atom stereocenters. The predicted octanol–water partition coefficient (Wildman–Crippen LogP) is 2.15. The maximum absolute atomic E-state index is 13.4. The Morgan fingerprint density at radius 2 is 2.47 bits per heavy atom. The minimum atomic E-state index is -2.58. The van der Waals surface area contributed by atoms with Crippen LogP contribution >= 0.6 is 0 Å². The summed E-state index contributed by atoms with van der Waals surface area (Å²) in [5.41, 5.74) is 0.709. The summed E-state index contributed by atoms with van der Waals surface area (Å²) in [5.74, 6) is -3.10. The van der Waals surface area contributed by atoms with E-state index < -0.39 is 11.8 Å². The van der Waals surface area contributed by atoms with Crippen molar-refractivity contribution in [1.29, 1.82) is 0 Å². The third-order valence-corrected chi connectivity index (χ3v) is 2.91. The number of alkyl halides is 2. The maximum Gasteiger partial charge on any atom is 0.263 e. The summed E-state index contributed by atoms with van der Waals surface area (Å²) in [6.45, 7) is 2.57. The number of halogens is 2. The molecular weight excluding hydrogens is 202 g/mol. The SMILES string of the molecule is C[C@@H]1CCN(Cc2ccon2)CC1(F)F. The minimum Gasteiger partial charge on any atom is -0.364 e. The molecule has 0 N–H and O–H groups in total. The van der Waals surface area contributed by atoms with E-state index in [1.54, 1.807) is 17.9 Å². The van der Waals surface area contributed by atoms with Gasteiger partial charge in [-0.1, -0.05) is 12.1 Å². The van der Waals surface area contributed by atoms with Gasteiger partial charge in [0.05, 0.1) is 12.2 Å². The van der Waals surface area contributed by atoms with Crippen molar-refractivity contribution in [1.82, 2.24) is 10.1 Å². The third-order valence-electron chi connectivity index (χ3n) is 2.91. The molecular formula is C10H14F2N2O. The first-order valence-corrected chi connectivity index (χ1v) is 5.07.